The van der Waals surface area contributed by atoms with E-state index >= 15 is 0 Å². The second-order valence-corrected chi connectivity index (χ2v) is 5.10. The Balaban J connectivity index is 2.14. The second-order valence-electron chi connectivity index (χ2n) is 5.10. The Kier molecular flexibility index (Phi) is 1.95. The Bertz CT molecular complexity index is 188. The summed E-state index contributed by atoms with van der Waals surface area (Å²) < 4.78 is 0. The molecule has 1 saturated carbocycles. The molecule has 3 nitrogen and oxygen atoms in total. The number of hydrogen-bond donors (Lipinski definition) is 1. The van der Waals surface area contributed by atoms with Gasteiger partial charge in [0.05, 0.1) is 5.60 Å². The molecule has 0 radical (unpaired) electrons. The minimum Gasteiger partial charge on any atom is -0.387 e. The third-order valence-corrected chi connectivity index (χ3v) is 3.55. The standard InChI is InChI=1S/C10H18O3/c1-9(2)7-4-5-10(3,11)8(6-7)12-13-9/h7-8,11H,4-6H2,1-3H3/t7-,8-,10+/m1/s1. The molecule has 0 amide bonds. The van der Waals surface area contributed by atoms with Crippen LogP contribution in [-0.4, -0.2) is 22.4 Å². The number of fused-ring (bicyclic) bond motifs is 2. The van der Waals surface area contributed by atoms with Crippen molar-refractivity contribution in [3.63, 3.8) is 0 Å². The van der Waals surface area contributed by atoms with Crippen molar-refractivity contribution in [1.82, 2.24) is 0 Å². The van der Waals surface area contributed by atoms with Gasteiger partial charge in [-0.05, 0) is 46.0 Å². The van der Waals surface area contributed by atoms with Crippen LogP contribution >= 0.6 is 0 Å². The molecule has 0 unspecified atom stereocenters. The highest BCUT2D eigenvalue weighted by molar-refractivity contribution is 4.96. The van der Waals surface area contributed by atoms with Crippen LogP contribution < -0.4 is 0 Å². The Morgan fingerprint density at radius 1 is 1.31 bits per heavy atom. The van der Waals surface area contributed by atoms with Crippen molar-refractivity contribution in [3.8, 4) is 0 Å². The van der Waals surface area contributed by atoms with Gasteiger partial charge < -0.3 is 5.11 Å². The Morgan fingerprint density at radius 3 is 2.69 bits per heavy atom. The minimum absolute atomic E-state index is 0.140. The lowest BCUT2D eigenvalue weighted by Gasteiger charge is -2.49. The summed E-state index contributed by atoms with van der Waals surface area (Å²) >= 11 is 0. The molecule has 1 saturated heterocycles. The minimum atomic E-state index is -0.701. The van der Waals surface area contributed by atoms with Gasteiger partial charge in [0.1, 0.15) is 11.7 Å². The zero-order chi connectivity index (χ0) is 9.69. The Hall–Kier alpha value is -0.120. The fraction of sp³-hybridized carbons (Fsp3) is 1.00. The maximum atomic E-state index is 9.95. The van der Waals surface area contributed by atoms with E-state index in [9.17, 15) is 5.11 Å². The van der Waals surface area contributed by atoms with Crippen molar-refractivity contribution in [2.75, 3.05) is 0 Å². The number of hydrogen-bond acceptors (Lipinski definition) is 3. The first-order valence-electron chi connectivity index (χ1n) is 4.99. The zero-order valence-electron chi connectivity index (χ0n) is 8.54. The predicted octanol–water partition coefficient (Wildman–Crippen LogP) is 1.65. The summed E-state index contributed by atoms with van der Waals surface area (Å²) in [5, 5.41) is 9.95. The van der Waals surface area contributed by atoms with Gasteiger partial charge in [0, 0.05) is 0 Å². The van der Waals surface area contributed by atoms with Crippen molar-refractivity contribution in [3.05, 3.63) is 0 Å². The molecule has 76 valence electrons. The average Bonchev–Trinajstić information content (AvgIpc) is 2.01. The van der Waals surface area contributed by atoms with Gasteiger partial charge in [-0.1, -0.05) is 0 Å². The molecule has 0 aromatic rings. The molecule has 3 heteroatoms. The van der Waals surface area contributed by atoms with Crippen LogP contribution in [0, 0.1) is 5.92 Å². The van der Waals surface area contributed by atoms with E-state index in [0.717, 1.165) is 19.3 Å². The lowest BCUT2D eigenvalue weighted by Crippen LogP contribution is -2.55. The molecule has 0 aromatic carbocycles. The molecule has 1 aliphatic heterocycles. The van der Waals surface area contributed by atoms with Gasteiger partial charge in [-0.15, -0.1) is 0 Å². The lowest BCUT2D eigenvalue weighted by molar-refractivity contribution is -0.442. The van der Waals surface area contributed by atoms with Gasteiger partial charge in [-0.3, -0.25) is 0 Å². The Labute approximate surface area is 79.0 Å². The Morgan fingerprint density at radius 2 is 2.00 bits per heavy atom. The highest BCUT2D eigenvalue weighted by Gasteiger charge is 2.49. The first kappa shape index (κ1) is 9.44. The molecule has 2 bridgehead atoms. The molecule has 1 aliphatic carbocycles. The van der Waals surface area contributed by atoms with Crippen molar-refractivity contribution >= 4 is 0 Å². The van der Waals surface area contributed by atoms with Crippen LogP contribution in [0.2, 0.25) is 0 Å². The van der Waals surface area contributed by atoms with Gasteiger partial charge in [-0.25, -0.2) is 9.78 Å². The van der Waals surface area contributed by atoms with Crippen molar-refractivity contribution in [2.24, 2.45) is 5.92 Å². The first-order valence-corrected chi connectivity index (χ1v) is 4.99. The summed E-state index contributed by atoms with van der Waals surface area (Å²) in [7, 11) is 0. The highest BCUT2D eigenvalue weighted by atomic mass is 17.2. The van der Waals surface area contributed by atoms with Gasteiger partial charge in [-0.2, -0.15) is 0 Å². The van der Waals surface area contributed by atoms with Gasteiger partial charge in [0.2, 0.25) is 0 Å². The van der Waals surface area contributed by atoms with Crippen LogP contribution in [0.1, 0.15) is 40.0 Å². The molecule has 3 atom stereocenters. The quantitative estimate of drug-likeness (QED) is 0.584. The molecule has 0 aromatic heterocycles. The summed E-state index contributed by atoms with van der Waals surface area (Å²) in [6, 6.07) is 0. The van der Waals surface area contributed by atoms with Crippen molar-refractivity contribution in [1.29, 1.82) is 0 Å². The maximum absolute atomic E-state index is 9.95. The van der Waals surface area contributed by atoms with E-state index in [-0.39, 0.29) is 11.7 Å². The summed E-state index contributed by atoms with van der Waals surface area (Å²) in [6.07, 6.45) is 2.62. The molecule has 2 fully saturated rings. The topological polar surface area (TPSA) is 38.7 Å². The lowest BCUT2D eigenvalue weighted by atomic mass is 9.71. The van der Waals surface area contributed by atoms with Crippen LogP contribution in [0.5, 0.6) is 0 Å². The summed E-state index contributed by atoms with van der Waals surface area (Å²) in [5.74, 6) is 0.520. The molecule has 1 heterocycles. The highest BCUT2D eigenvalue weighted by Crippen LogP contribution is 2.44. The van der Waals surface area contributed by atoms with Crippen molar-refractivity contribution < 1.29 is 14.9 Å². The van der Waals surface area contributed by atoms with E-state index < -0.39 is 5.60 Å². The van der Waals surface area contributed by atoms with E-state index in [1.165, 1.54) is 0 Å². The van der Waals surface area contributed by atoms with Crippen LogP contribution in [-0.2, 0) is 9.78 Å². The van der Waals surface area contributed by atoms with Crippen LogP contribution in [0.15, 0.2) is 0 Å². The molecule has 1 N–H and O–H groups in total. The van der Waals surface area contributed by atoms with E-state index in [4.69, 9.17) is 9.78 Å². The number of rotatable bonds is 0. The summed E-state index contributed by atoms with van der Waals surface area (Å²) in [6.45, 7) is 5.93. The smallest absolute Gasteiger partial charge is 0.122 e. The van der Waals surface area contributed by atoms with Gasteiger partial charge in [0.25, 0.3) is 0 Å². The van der Waals surface area contributed by atoms with E-state index in [0.29, 0.717) is 5.92 Å². The van der Waals surface area contributed by atoms with E-state index in [1.54, 1.807) is 0 Å². The van der Waals surface area contributed by atoms with E-state index in [2.05, 4.69) is 0 Å². The molecular weight excluding hydrogens is 168 g/mol. The van der Waals surface area contributed by atoms with Crippen molar-refractivity contribution in [2.45, 2.75) is 57.3 Å². The monoisotopic (exact) mass is 186 g/mol. The maximum Gasteiger partial charge on any atom is 0.122 e. The third-order valence-electron chi connectivity index (χ3n) is 3.55. The van der Waals surface area contributed by atoms with Gasteiger partial charge >= 0.3 is 0 Å². The molecular formula is C10H18O3. The molecule has 13 heavy (non-hydrogen) atoms. The first-order chi connectivity index (χ1) is 5.92. The fourth-order valence-electron chi connectivity index (χ4n) is 2.28. The van der Waals surface area contributed by atoms with Crippen LogP contribution in [0.4, 0.5) is 0 Å². The second kappa shape index (κ2) is 2.69. The SMILES string of the molecule is CC1(C)OO[C@@H]2C[C@H]1CC[C@]2(C)O. The number of aliphatic hydroxyl groups is 1. The largest absolute Gasteiger partial charge is 0.387 e. The van der Waals surface area contributed by atoms with E-state index in [1.807, 2.05) is 20.8 Å². The fourth-order valence-corrected chi connectivity index (χ4v) is 2.28. The molecule has 0 spiro atoms. The third kappa shape index (κ3) is 1.49. The zero-order valence-corrected chi connectivity index (χ0v) is 8.54. The normalized spacial score (nSPS) is 48.9. The summed E-state index contributed by atoms with van der Waals surface area (Å²) in [4.78, 5) is 10.5. The van der Waals surface area contributed by atoms with Gasteiger partial charge in [0.15, 0.2) is 0 Å². The van der Waals surface area contributed by atoms with Crippen LogP contribution in [0.25, 0.3) is 0 Å². The molecule has 2 aliphatic rings. The predicted molar refractivity (Wildman–Crippen MR) is 48.0 cm³/mol. The van der Waals surface area contributed by atoms with Crippen LogP contribution in [0.3, 0.4) is 0 Å². The molecule has 2 rings (SSSR count). The summed E-state index contributed by atoms with van der Waals surface area (Å²) in [5.41, 5.74) is -0.889. The average molecular weight is 186 g/mol.